The highest BCUT2D eigenvalue weighted by atomic mass is 32.1. The van der Waals surface area contributed by atoms with Crippen molar-refractivity contribution in [1.82, 2.24) is 9.88 Å². The molecule has 3 nitrogen and oxygen atoms in total. The summed E-state index contributed by atoms with van der Waals surface area (Å²) in [6, 6.07) is 0. The number of aliphatic hydroxyl groups is 1. The lowest BCUT2D eigenvalue weighted by Gasteiger charge is -2.17. The lowest BCUT2D eigenvalue weighted by atomic mass is 10.00. The molecule has 0 spiro atoms. The van der Waals surface area contributed by atoms with Crippen LogP contribution in [-0.4, -0.2) is 40.7 Å². The van der Waals surface area contributed by atoms with Gasteiger partial charge in [0.25, 0.3) is 0 Å². The molecule has 1 aliphatic carbocycles. The summed E-state index contributed by atoms with van der Waals surface area (Å²) >= 11 is 1.77. The minimum atomic E-state index is -0.0323. The number of thiazole rings is 1. The van der Waals surface area contributed by atoms with Crippen molar-refractivity contribution in [2.45, 2.75) is 32.3 Å². The van der Waals surface area contributed by atoms with Gasteiger partial charge >= 0.3 is 0 Å². The summed E-state index contributed by atoms with van der Waals surface area (Å²) in [5.41, 5.74) is 3.13. The summed E-state index contributed by atoms with van der Waals surface area (Å²) in [6.07, 6.45) is 3.33. The molecule has 0 aromatic carbocycles. The van der Waals surface area contributed by atoms with Gasteiger partial charge in [-0.25, -0.2) is 4.98 Å². The highest BCUT2D eigenvalue weighted by molar-refractivity contribution is 7.09. The lowest BCUT2D eigenvalue weighted by molar-refractivity contribution is 0.124. The van der Waals surface area contributed by atoms with Gasteiger partial charge in [-0.1, -0.05) is 0 Å². The van der Waals surface area contributed by atoms with Crippen molar-refractivity contribution in [3.8, 4) is 0 Å². The molecule has 1 saturated heterocycles. The van der Waals surface area contributed by atoms with E-state index >= 15 is 0 Å². The molecule has 2 aliphatic rings. The molecule has 1 N–H and O–H groups in total. The molecule has 17 heavy (non-hydrogen) atoms. The van der Waals surface area contributed by atoms with Crippen LogP contribution in [0.4, 0.5) is 0 Å². The van der Waals surface area contributed by atoms with E-state index in [9.17, 15) is 5.11 Å². The second-order valence-corrected chi connectivity index (χ2v) is 6.38. The SMILES string of the molecule is Cc1ncsc1CCN1CC2CCC(O)C2C1. The molecule has 4 heteroatoms. The van der Waals surface area contributed by atoms with Crippen molar-refractivity contribution in [3.63, 3.8) is 0 Å². The Labute approximate surface area is 106 Å². The smallest absolute Gasteiger partial charge is 0.0797 e. The van der Waals surface area contributed by atoms with Crippen molar-refractivity contribution < 1.29 is 5.11 Å². The molecule has 2 fully saturated rings. The fourth-order valence-corrected chi connectivity index (χ4v) is 4.11. The van der Waals surface area contributed by atoms with Crippen molar-refractivity contribution >= 4 is 11.3 Å². The van der Waals surface area contributed by atoms with E-state index < -0.39 is 0 Å². The van der Waals surface area contributed by atoms with Gasteiger partial charge in [0.15, 0.2) is 0 Å². The Morgan fingerprint density at radius 2 is 2.35 bits per heavy atom. The van der Waals surface area contributed by atoms with Crippen molar-refractivity contribution in [2.75, 3.05) is 19.6 Å². The zero-order valence-corrected chi connectivity index (χ0v) is 11.1. The van der Waals surface area contributed by atoms with Crippen LogP contribution in [0.2, 0.25) is 0 Å². The number of hydrogen-bond donors (Lipinski definition) is 1. The maximum absolute atomic E-state index is 9.88. The molecule has 0 amide bonds. The van der Waals surface area contributed by atoms with Gasteiger partial charge in [-0.3, -0.25) is 0 Å². The minimum absolute atomic E-state index is 0.0323. The number of aryl methyl sites for hydroxylation is 1. The Balaban J connectivity index is 1.53. The summed E-state index contributed by atoms with van der Waals surface area (Å²) in [6.45, 7) is 5.51. The highest BCUT2D eigenvalue weighted by Crippen LogP contribution is 2.38. The predicted molar refractivity (Wildman–Crippen MR) is 69.2 cm³/mol. The topological polar surface area (TPSA) is 36.4 Å². The van der Waals surface area contributed by atoms with E-state index in [1.807, 2.05) is 5.51 Å². The van der Waals surface area contributed by atoms with E-state index in [-0.39, 0.29) is 6.10 Å². The van der Waals surface area contributed by atoms with Crippen LogP contribution in [0, 0.1) is 18.8 Å². The van der Waals surface area contributed by atoms with Crippen molar-refractivity contribution in [2.24, 2.45) is 11.8 Å². The Morgan fingerprint density at radius 3 is 3.06 bits per heavy atom. The number of aromatic nitrogens is 1. The summed E-state index contributed by atoms with van der Waals surface area (Å²) < 4.78 is 0. The molecule has 1 saturated carbocycles. The van der Waals surface area contributed by atoms with Crippen LogP contribution in [-0.2, 0) is 6.42 Å². The van der Waals surface area contributed by atoms with Crippen LogP contribution >= 0.6 is 11.3 Å². The van der Waals surface area contributed by atoms with Gasteiger partial charge in [0.2, 0.25) is 0 Å². The molecule has 1 aromatic rings. The molecule has 1 aromatic heterocycles. The van der Waals surface area contributed by atoms with Gasteiger partial charge in [-0.15, -0.1) is 11.3 Å². The Bertz CT molecular complexity index is 393. The first-order valence-corrected chi connectivity index (χ1v) is 7.41. The van der Waals surface area contributed by atoms with Crippen LogP contribution in [0.5, 0.6) is 0 Å². The number of hydrogen-bond acceptors (Lipinski definition) is 4. The number of rotatable bonds is 3. The van der Waals surface area contributed by atoms with E-state index in [1.165, 1.54) is 23.5 Å². The number of likely N-dealkylation sites (tertiary alicyclic amines) is 1. The predicted octanol–water partition coefficient (Wildman–Crippen LogP) is 1.70. The summed E-state index contributed by atoms with van der Waals surface area (Å²) in [5.74, 6) is 1.31. The molecular weight excluding hydrogens is 232 g/mol. The fraction of sp³-hybridized carbons (Fsp3) is 0.769. The van der Waals surface area contributed by atoms with Gasteiger partial charge in [-0.2, -0.15) is 0 Å². The largest absolute Gasteiger partial charge is 0.393 e. The first-order valence-electron chi connectivity index (χ1n) is 6.53. The fourth-order valence-electron chi connectivity index (χ4n) is 3.34. The van der Waals surface area contributed by atoms with Gasteiger partial charge in [0.05, 0.1) is 17.3 Å². The van der Waals surface area contributed by atoms with Crippen LogP contribution in [0.25, 0.3) is 0 Å². The van der Waals surface area contributed by atoms with Gasteiger partial charge in [0.1, 0.15) is 0 Å². The number of aliphatic hydroxyl groups excluding tert-OH is 1. The van der Waals surface area contributed by atoms with Crippen LogP contribution < -0.4 is 0 Å². The van der Waals surface area contributed by atoms with Gasteiger partial charge in [-0.05, 0) is 32.1 Å². The normalized spacial score (nSPS) is 33.2. The third-order valence-electron chi connectivity index (χ3n) is 4.39. The minimum Gasteiger partial charge on any atom is -0.393 e. The Hall–Kier alpha value is -0.450. The molecule has 0 bridgehead atoms. The monoisotopic (exact) mass is 252 g/mol. The molecule has 3 atom stereocenters. The van der Waals surface area contributed by atoms with Crippen LogP contribution in [0.15, 0.2) is 5.51 Å². The molecule has 2 heterocycles. The Morgan fingerprint density at radius 1 is 1.47 bits per heavy atom. The van der Waals surface area contributed by atoms with E-state index in [0.717, 1.165) is 31.8 Å². The Kier molecular flexibility index (Phi) is 3.19. The quantitative estimate of drug-likeness (QED) is 0.889. The van der Waals surface area contributed by atoms with E-state index in [4.69, 9.17) is 0 Å². The third-order valence-corrected chi connectivity index (χ3v) is 5.39. The van der Waals surface area contributed by atoms with E-state index in [0.29, 0.717) is 5.92 Å². The summed E-state index contributed by atoms with van der Waals surface area (Å²) in [4.78, 5) is 8.23. The van der Waals surface area contributed by atoms with Crippen LogP contribution in [0.3, 0.4) is 0 Å². The highest BCUT2D eigenvalue weighted by Gasteiger charge is 2.41. The van der Waals surface area contributed by atoms with E-state index in [1.54, 1.807) is 11.3 Å². The van der Waals surface area contributed by atoms with Crippen LogP contribution in [0.1, 0.15) is 23.4 Å². The van der Waals surface area contributed by atoms with E-state index in [2.05, 4.69) is 16.8 Å². The summed E-state index contributed by atoms with van der Waals surface area (Å²) in [5, 5.41) is 9.88. The second kappa shape index (κ2) is 4.67. The molecule has 3 unspecified atom stereocenters. The first kappa shape index (κ1) is 11.6. The van der Waals surface area contributed by atoms with Gasteiger partial charge < -0.3 is 10.0 Å². The average Bonchev–Trinajstić information content (AvgIpc) is 2.96. The lowest BCUT2D eigenvalue weighted by Crippen LogP contribution is -2.26. The van der Waals surface area contributed by atoms with Crippen molar-refractivity contribution in [3.05, 3.63) is 16.1 Å². The number of nitrogens with zero attached hydrogens (tertiary/aromatic N) is 2. The van der Waals surface area contributed by atoms with Crippen molar-refractivity contribution in [1.29, 1.82) is 0 Å². The molecule has 1 aliphatic heterocycles. The zero-order chi connectivity index (χ0) is 11.8. The second-order valence-electron chi connectivity index (χ2n) is 5.44. The maximum atomic E-state index is 9.88. The molecule has 3 rings (SSSR count). The molecule has 0 radical (unpaired) electrons. The zero-order valence-electron chi connectivity index (χ0n) is 10.3. The summed E-state index contributed by atoms with van der Waals surface area (Å²) in [7, 11) is 0. The first-order chi connectivity index (χ1) is 8.24. The molecular formula is C13H20N2OS. The van der Waals surface area contributed by atoms with Gasteiger partial charge in [0, 0.05) is 30.4 Å². The average molecular weight is 252 g/mol. The standard InChI is InChI=1S/C13H20N2OS/c1-9-13(17-8-14-9)4-5-15-6-10-2-3-12(16)11(10)7-15/h8,10-12,16H,2-7H2,1H3. The third kappa shape index (κ3) is 2.26. The maximum Gasteiger partial charge on any atom is 0.0797 e. The number of fused-ring (bicyclic) bond motifs is 1. The molecule has 94 valence electrons.